The van der Waals surface area contributed by atoms with Gasteiger partial charge >= 0.3 is 0 Å². The Hall–Kier alpha value is -0.880. The smallest absolute Gasteiger partial charge is 0.265 e. The maximum absolute atomic E-state index is 13.3. The van der Waals surface area contributed by atoms with E-state index in [9.17, 15) is 17.6 Å². The van der Waals surface area contributed by atoms with Crippen LogP contribution in [0.5, 0.6) is 0 Å². The van der Waals surface area contributed by atoms with Gasteiger partial charge in [0.25, 0.3) is 9.05 Å². The SMILES string of the molecule is CC(=O)c1c(F)c(S(=O)(=O)Cl)cn1C. The van der Waals surface area contributed by atoms with Gasteiger partial charge in [-0.15, -0.1) is 0 Å². The molecule has 78 valence electrons. The normalized spacial score (nSPS) is 11.7. The van der Waals surface area contributed by atoms with E-state index >= 15 is 0 Å². The standard InChI is InChI=1S/C7H7ClFNO3S/c1-4(11)7-6(9)5(3-10(7)2)14(8,12)13/h3H,1-2H3. The molecule has 7 heteroatoms. The van der Waals surface area contributed by atoms with Gasteiger partial charge in [0.2, 0.25) is 0 Å². The molecule has 0 spiro atoms. The van der Waals surface area contributed by atoms with Gasteiger partial charge in [-0.05, 0) is 0 Å². The summed E-state index contributed by atoms with van der Waals surface area (Å²) in [7, 11) is 2.18. The highest BCUT2D eigenvalue weighted by Crippen LogP contribution is 2.23. The van der Waals surface area contributed by atoms with E-state index in [4.69, 9.17) is 10.7 Å². The van der Waals surface area contributed by atoms with Crippen LogP contribution in [0.1, 0.15) is 17.4 Å². The van der Waals surface area contributed by atoms with Crippen LogP contribution >= 0.6 is 10.7 Å². The van der Waals surface area contributed by atoms with Crippen molar-refractivity contribution in [2.45, 2.75) is 11.8 Å². The third-order valence-electron chi connectivity index (χ3n) is 1.68. The summed E-state index contributed by atoms with van der Waals surface area (Å²) < 4.78 is 36.1. The van der Waals surface area contributed by atoms with Gasteiger partial charge in [0.15, 0.2) is 11.6 Å². The zero-order valence-corrected chi connectivity index (χ0v) is 8.99. The maximum Gasteiger partial charge on any atom is 0.265 e. The zero-order chi connectivity index (χ0) is 11.1. The molecule has 14 heavy (non-hydrogen) atoms. The van der Waals surface area contributed by atoms with E-state index in [0.717, 1.165) is 17.7 Å². The summed E-state index contributed by atoms with van der Waals surface area (Å²) in [5.74, 6) is -1.66. The van der Waals surface area contributed by atoms with Gasteiger partial charge in [-0.25, -0.2) is 12.8 Å². The van der Waals surface area contributed by atoms with E-state index in [0.29, 0.717) is 0 Å². The molecule has 0 aliphatic heterocycles. The second-order valence-electron chi connectivity index (χ2n) is 2.76. The second-order valence-corrected chi connectivity index (χ2v) is 5.30. The number of carbonyl (C=O) groups excluding carboxylic acids is 1. The van der Waals surface area contributed by atoms with Gasteiger partial charge in [0.1, 0.15) is 10.6 Å². The first-order chi connectivity index (χ1) is 6.25. The van der Waals surface area contributed by atoms with Gasteiger partial charge in [-0.3, -0.25) is 4.79 Å². The summed E-state index contributed by atoms with van der Waals surface area (Å²) in [5, 5.41) is 0. The minimum Gasteiger partial charge on any atom is -0.344 e. The number of hydrogen-bond acceptors (Lipinski definition) is 3. The van der Waals surface area contributed by atoms with E-state index in [1.54, 1.807) is 0 Å². The Labute approximate surface area is 84.7 Å². The van der Waals surface area contributed by atoms with Crippen molar-refractivity contribution in [3.63, 3.8) is 0 Å². The molecule has 0 bridgehead atoms. The van der Waals surface area contributed by atoms with E-state index in [1.807, 2.05) is 0 Å². The minimum atomic E-state index is -4.14. The molecule has 0 radical (unpaired) electrons. The van der Waals surface area contributed by atoms with Crippen LogP contribution in [-0.4, -0.2) is 18.8 Å². The summed E-state index contributed by atoms with van der Waals surface area (Å²) in [4.78, 5) is 10.3. The molecule has 0 aliphatic rings. The molecule has 0 N–H and O–H groups in total. The van der Waals surface area contributed by atoms with Gasteiger partial charge in [0.05, 0.1) is 0 Å². The largest absolute Gasteiger partial charge is 0.344 e. The van der Waals surface area contributed by atoms with Crippen LogP contribution in [-0.2, 0) is 16.1 Å². The van der Waals surface area contributed by atoms with Crippen LogP contribution in [0.25, 0.3) is 0 Å². The summed E-state index contributed by atoms with van der Waals surface area (Å²) in [5.41, 5.74) is -0.302. The van der Waals surface area contributed by atoms with E-state index in [-0.39, 0.29) is 5.69 Å². The maximum atomic E-state index is 13.3. The first-order valence-electron chi connectivity index (χ1n) is 3.55. The predicted molar refractivity (Wildman–Crippen MR) is 48.4 cm³/mol. The number of Topliss-reactive ketones (excluding diaryl/α,β-unsaturated/α-hetero) is 1. The third-order valence-corrected chi connectivity index (χ3v) is 2.99. The molecule has 0 unspecified atom stereocenters. The fourth-order valence-electron chi connectivity index (χ4n) is 1.14. The monoisotopic (exact) mass is 239 g/mol. The molecule has 4 nitrogen and oxygen atoms in total. The van der Waals surface area contributed by atoms with Crippen LogP contribution in [0.2, 0.25) is 0 Å². The summed E-state index contributed by atoms with van der Waals surface area (Å²) >= 11 is 0. The van der Waals surface area contributed by atoms with Crippen molar-refractivity contribution in [3.05, 3.63) is 17.7 Å². The fourth-order valence-corrected chi connectivity index (χ4v) is 2.06. The second kappa shape index (κ2) is 3.36. The molecular weight excluding hydrogens is 233 g/mol. The van der Waals surface area contributed by atoms with Gasteiger partial charge in [-0.1, -0.05) is 0 Å². The highest BCUT2D eigenvalue weighted by atomic mass is 35.7. The molecule has 1 aromatic heterocycles. The van der Waals surface area contributed by atoms with Crippen LogP contribution < -0.4 is 0 Å². The number of halogens is 2. The van der Waals surface area contributed by atoms with E-state index < -0.39 is 25.5 Å². The highest BCUT2D eigenvalue weighted by Gasteiger charge is 2.25. The molecule has 0 aromatic carbocycles. The number of hydrogen-bond donors (Lipinski definition) is 0. The Balaban J connectivity index is 3.55. The van der Waals surface area contributed by atoms with E-state index in [1.165, 1.54) is 7.05 Å². The van der Waals surface area contributed by atoms with Crippen LogP contribution in [0, 0.1) is 5.82 Å². The molecule has 1 aromatic rings. The quantitative estimate of drug-likeness (QED) is 0.577. The minimum absolute atomic E-state index is 0.302. The van der Waals surface area contributed by atoms with Crippen LogP contribution in [0.4, 0.5) is 4.39 Å². The van der Waals surface area contributed by atoms with Crippen molar-refractivity contribution in [1.82, 2.24) is 4.57 Å². The number of aryl methyl sites for hydroxylation is 1. The number of ketones is 1. The topological polar surface area (TPSA) is 56.1 Å². The van der Waals surface area contributed by atoms with Gasteiger partial charge < -0.3 is 4.57 Å². The number of rotatable bonds is 2. The first-order valence-corrected chi connectivity index (χ1v) is 5.86. The predicted octanol–water partition coefficient (Wildman–Crippen LogP) is 1.29. The number of nitrogens with zero attached hydrogens (tertiary/aromatic N) is 1. The van der Waals surface area contributed by atoms with Crippen LogP contribution in [0.15, 0.2) is 11.1 Å². The van der Waals surface area contributed by atoms with Crippen molar-refractivity contribution in [1.29, 1.82) is 0 Å². The molecular formula is C7H7ClFNO3S. The lowest BCUT2D eigenvalue weighted by Gasteiger charge is -1.95. The lowest BCUT2D eigenvalue weighted by Crippen LogP contribution is -2.03. The molecule has 1 heterocycles. The Morgan fingerprint density at radius 2 is 2.07 bits per heavy atom. The average Bonchev–Trinajstić information content (AvgIpc) is 2.24. The Bertz CT molecular complexity index is 491. The molecule has 1 rings (SSSR count). The lowest BCUT2D eigenvalue weighted by atomic mass is 10.3. The molecule has 0 atom stereocenters. The Morgan fingerprint density at radius 3 is 2.29 bits per heavy atom. The molecule has 0 amide bonds. The zero-order valence-electron chi connectivity index (χ0n) is 7.41. The number of aromatic nitrogens is 1. The molecule has 0 aliphatic carbocycles. The molecule has 0 saturated carbocycles. The molecule has 0 fully saturated rings. The summed E-state index contributed by atoms with van der Waals surface area (Å²) in [6.45, 7) is 1.14. The van der Waals surface area contributed by atoms with Crippen molar-refractivity contribution in [2.24, 2.45) is 7.05 Å². The van der Waals surface area contributed by atoms with Gasteiger partial charge in [0, 0.05) is 30.9 Å². The lowest BCUT2D eigenvalue weighted by molar-refractivity contribution is 0.100. The average molecular weight is 240 g/mol. The van der Waals surface area contributed by atoms with E-state index in [2.05, 4.69) is 0 Å². The van der Waals surface area contributed by atoms with Crippen molar-refractivity contribution in [3.8, 4) is 0 Å². The number of carbonyl (C=O) groups is 1. The fraction of sp³-hybridized carbons (Fsp3) is 0.286. The summed E-state index contributed by atoms with van der Waals surface area (Å²) in [6.07, 6.45) is 0.967. The molecule has 0 saturated heterocycles. The van der Waals surface area contributed by atoms with Crippen molar-refractivity contribution in [2.75, 3.05) is 0 Å². The Morgan fingerprint density at radius 1 is 1.57 bits per heavy atom. The first kappa shape index (κ1) is 11.2. The summed E-state index contributed by atoms with van der Waals surface area (Å²) in [6, 6.07) is 0. The van der Waals surface area contributed by atoms with Crippen molar-refractivity contribution < 1.29 is 17.6 Å². The van der Waals surface area contributed by atoms with Crippen molar-refractivity contribution >= 4 is 25.5 Å². The third kappa shape index (κ3) is 1.80. The van der Waals surface area contributed by atoms with Gasteiger partial charge in [-0.2, -0.15) is 0 Å². The van der Waals surface area contributed by atoms with Crippen LogP contribution in [0.3, 0.4) is 0 Å². The highest BCUT2D eigenvalue weighted by molar-refractivity contribution is 8.13. The Kier molecular flexibility index (Phi) is 2.69.